The molecular weight excluding hydrogens is 224 g/mol. The number of hydrogen-bond acceptors (Lipinski definition) is 3. The van der Waals surface area contributed by atoms with Gasteiger partial charge in [-0.05, 0) is 38.9 Å². The fourth-order valence-electron chi connectivity index (χ4n) is 2.50. The molecule has 1 fully saturated rings. The molecule has 0 bridgehead atoms. The highest BCUT2D eigenvalue weighted by molar-refractivity contribution is 5.26. The van der Waals surface area contributed by atoms with Gasteiger partial charge in [0.2, 0.25) is 0 Å². The molecule has 100 valence electrons. The molecule has 3 nitrogen and oxygen atoms in total. The molecule has 0 aliphatic carbocycles. The lowest BCUT2D eigenvalue weighted by molar-refractivity contribution is 0.0177. The van der Waals surface area contributed by atoms with Gasteiger partial charge in [-0.1, -0.05) is 29.8 Å². The van der Waals surface area contributed by atoms with E-state index in [1.165, 1.54) is 5.56 Å². The van der Waals surface area contributed by atoms with Gasteiger partial charge in [-0.3, -0.25) is 4.90 Å². The predicted molar refractivity (Wildman–Crippen MR) is 74.7 cm³/mol. The number of β-amino-alcohol motifs (C(OH)–C–C–N with tert-alkyl or cyclic N) is 1. The molecule has 0 saturated carbocycles. The largest absolute Gasteiger partial charge is 0.384 e. The van der Waals surface area contributed by atoms with Crippen molar-refractivity contribution in [1.29, 1.82) is 0 Å². The van der Waals surface area contributed by atoms with Crippen LogP contribution in [0.3, 0.4) is 0 Å². The SMILES string of the molecule is Cc1ccc(C(C)(O)CN2CCCNCC2)cc1. The van der Waals surface area contributed by atoms with Crippen LogP contribution in [0.5, 0.6) is 0 Å². The van der Waals surface area contributed by atoms with Crippen LogP contribution in [0.1, 0.15) is 24.5 Å². The van der Waals surface area contributed by atoms with E-state index in [0.29, 0.717) is 6.54 Å². The molecule has 1 aliphatic rings. The van der Waals surface area contributed by atoms with Gasteiger partial charge in [0.05, 0.1) is 5.60 Å². The second kappa shape index (κ2) is 5.83. The molecule has 1 aromatic rings. The van der Waals surface area contributed by atoms with Gasteiger partial charge in [0.25, 0.3) is 0 Å². The van der Waals surface area contributed by atoms with Gasteiger partial charge in [0.1, 0.15) is 0 Å². The van der Waals surface area contributed by atoms with E-state index in [4.69, 9.17) is 0 Å². The van der Waals surface area contributed by atoms with Crippen molar-refractivity contribution in [3.63, 3.8) is 0 Å². The van der Waals surface area contributed by atoms with Crippen molar-refractivity contribution >= 4 is 0 Å². The highest BCUT2D eigenvalue weighted by atomic mass is 16.3. The summed E-state index contributed by atoms with van der Waals surface area (Å²) in [4.78, 5) is 2.35. The van der Waals surface area contributed by atoms with Crippen LogP contribution >= 0.6 is 0 Å². The van der Waals surface area contributed by atoms with Crippen LogP contribution < -0.4 is 5.32 Å². The topological polar surface area (TPSA) is 35.5 Å². The first-order valence-electron chi connectivity index (χ1n) is 6.80. The Morgan fingerprint density at radius 3 is 2.67 bits per heavy atom. The molecule has 1 atom stereocenters. The Balaban J connectivity index is 2.03. The molecule has 0 spiro atoms. The fraction of sp³-hybridized carbons (Fsp3) is 0.600. The summed E-state index contributed by atoms with van der Waals surface area (Å²) in [7, 11) is 0. The summed E-state index contributed by atoms with van der Waals surface area (Å²) in [5.74, 6) is 0. The van der Waals surface area contributed by atoms with Gasteiger partial charge in [-0.25, -0.2) is 0 Å². The van der Waals surface area contributed by atoms with E-state index in [9.17, 15) is 5.11 Å². The maximum Gasteiger partial charge on any atom is 0.0994 e. The van der Waals surface area contributed by atoms with Crippen LogP contribution in [-0.4, -0.2) is 42.7 Å². The Bertz CT molecular complexity index is 365. The van der Waals surface area contributed by atoms with Crippen molar-refractivity contribution in [3.8, 4) is 0 Å². The van der Waals surface area contributed by atoms with Crippen LogP contribution in [0.2, 0.25) is 0 Å². The maximum absolute atomic E-state index is 10.7. The third-order valence-electron chi connectivity index (χ3n) is 3.64. The molecule has 2 rings (SSSR count). The minimum absolute atomic E-state index is 0.706. The summed E-state index contributed by atoms with van der Waals surface area (Å²) in [6.07, 6.45) is 1.16. The summed E-state index contributed by atoms with van der Waals surface area (Å²) < 4.78 is 0. The number of nitrogens with one attached hydrogen (secondary N) is 1. The molecule has 1 unspecified atom stereocenters. The fourth-order valence-corrected chi connectivity index (χ4v) is 2.50. The van der Waals surface area contributed by atoms with Crippen LogP contribution in [0.25, 0.3) is 0 Å². The van der Waals surface area contributed by atoms with E-state index >= 15 is 0 Å². The number of hydrogen-bond donors (Lipinski definition) is 2. The van der Waals surface area contributed by atoms with Crippen LogP contribution in [0, 0.1) is 6.92 Å². The normalized spacial score (nSPS) is 21.3. The first kappa shape index (κ1) is 13.5. The smallest absolute Gasteiger partial charge is 0.0994 e. The molecule has 3 heteroatoms. The second-order valence-electron chi connectivity index (χ2n) is 5.52. The minimum atomic E-state index is -0.766. The lowest BCUT2D eigenvalue weighted by atomic mass is 9.94. The van der Waals surface area contributed by atoms with Crippen molar-refractivity contribution in [2.45, 2.75) is 25.9 Å². The van der Waals surface area contributed by atoms with Crippen molar-refractivity contribution in [2.24, 2.45) is 0 Å². The molecule has 0 radical (unpaired) electrons. The van der Waals surface area contributed by atoms with E-state index in [-0.39, 0.29) is 0 Å². The predicted octanol–water partition coefficient (Wildman–Crippen LogP) is 1.50. The second-order valence-corrected chi connectivity index (χ2v) is 5.52. The zero-order valence-electron chi connectivity index (χ0n) is 11.4. The Kier molecular flexibility index (Phi) is 4.38. The lowest BCUT2D eigenvalue weighted by Crippen LogP contribution is -2.40. The molecule has 18 heavy (non-hydrogen) atoms. The average Bonchev–Trinajstić information content (AvgIpc) is 2.57. The van der Waals surface area contributed by atoms with Gasteiger partial charge < -0.3 is 10.4 Å². The van der Waals surface area contributed by atoms with Crippen molar-refractivity contribution < 1.29 is 5.11 Å². The third kappa shape index (κ3) is 3.55. The van der Waals surface area contributed by atoms with E-state index in [2.05, 4.69) is 29.3 Å². The summed E-state index contributed by atoms with van der Waals surface area (Å²) in [5.41, 5.74) is 1.47. The summed E-state index contributed by atoms with van der Waals surface area (Å²) in [6, 6.07) is 8.19. The first-order valence-corrected chi connectivity index (χ1v) is 6.80. The number of aryl methyl sites for hydroxylation is 1. The zero-order valence-corrected chi connectivity index (χ0v) is 11.4. The Hall–Kier alpha value is -0.900. The van der Waals surface area contributed by atoms with Crippen molar-refractivity contribution in [3.05, 3.63) is 35.4 Å². The molecule has 1 saturated heterocycles. The lowest BCUT2D eigenvalue weighted by Gasteiger charge is -2.31. The average molecular weight is 248 g/mol. The van der Waals surface area contributed by atoms with Crippen LogP contribution in [0.4, 0.5) is 0 Å². The van der Waals surface area contributed by atoms with E-state index in [1.807, 2.05) is 19.1 Å². The number of aliphatic hydroxyl groups is 1. The zero-order chi connectivity index (χ0) is 13.0. The van der Waals surface area contributed by atoms with Gasteiger partial charge >= 0.3 is 0 Å². The number of benzene rings is 1. The van der Waals surface area contributed by atoms with E-state index < -0.39 is 5.60 Å². The highest BCUT2D eigenvalue weighted by Crippen LogP contribution is 2.22. The molecule has 1 aromatic carbocycles. The van der Waals surface area contributed by atoms with Gasteiger partial charge in [0.15, 0.2) is 0 Å². The summed E-state index contributed by atoms with van der Waals surface area (Å²) in [5, 5.41) is 14.0. The van der Waals surface area contributed by atoms with E-state index in [1.54, 1.807) is 0 Å². The Morgan fingerprint density at radius 2 is 1.94 bits per heavy atom. The molecule has 1 heterocycles. The molecule has 1 aliphatic heterocycles. The van der Waals surface area contributed by atoms with Crippen LogP contribution in [0.15, 0.2) is 24.3 Å². The van der Waals surface area contributed by atoms with E-state index in [0.717, 1.165) is 38.2 Å². The first-order chi connectivity index (χ1) is 8.58. The molecule has 0 amide bonds. The third-order valence-corrected chi connectivity index (χ3v) is 3.64. The molecule has 0 aromatic heterocycles. The van der Waals surface area contributed by atoms with Gasteiger partial charge in [-0.2, -0.15) is 0 Å². The maximum atomic E-state index is 10.7. The number of nitrogens with zero attached hydrogens (tertiary/aromatic N) is 1. The quantitative estimate of drug-likeness (QED) is 0.851. The standard InChI is InChI=1S/C15H24N2O/c1-13-4-6-14(7-5-13)15(2,18)12-17-10-3-8-16-9-11-17/h4-7,16,18H,3,8-12H2,1-2H3. The Labute approximate surface area is 110 Å². The van der Waals surface area contributed by atoms with Gasteiger partial charge in [0, 0.05) is 19.6 Å². The summed E-state index contributed by atoms with van der Waals surface area (Å²) >= 11 is 0. The molecular formula is C15H24N2O. The minimum Gasteiger partial charge on any atom is -0.384 e. The van der Waals surface area contributed by atoms with Gasteiger partial charge in [-0.15, -0.1) is 0 Å². The Morgan fingerprint density at radius 1 is 1.22 bits per heavy atom. The van der Waals surface area contributed by atoms with Crippen molar-refractivity contribution in [1.82, 2.24) is 10.2 Å². The number of rotatable bonds is 3. The highest BCUT2D eigenvalue weighted by Gasteiger charge is 2.26. The van der Waals surface area contributed by atoms with Crippen LogP contribution in [-0.2, 0) is 5.60 Å². The van der Waals surface area contributed by atoms with Crippen molar-refractivity contribution in [2.75, 3.05) is 32.7 Å². The monoisotopic (exact) mass is 248 g/mol. The molecule has 2 N–H and O–H groups in total. The summed E-state index contributed by atoms with van der Waals surface area (Å²) in [6.45, 7) is 8.87.